The van der Waals surface area contributed by atoms with E-state index in [0.29, 0.717) is 6.54 Å². The Bertz CT molecular complexity index is 136. The highest BCUT2D eigenvalue weighted by molar-refractivity contribution is 5.04. The van der Waals surface area contributed by atoms with E-state index in [9.17, 15) is 0 Å². The normalized spacial score (nSPS) is 18.8. The Hall–Kier alpha value is -0.590. The van der Waals surface area contributed by atoms with Crippen LogP contribution in [0.5, 0.6) is 0 Å². The first-order valence-electron chi connectivity index (χ1n) is 3.04. The average Bonchev–Trinajstić information content (AvgIpc) is 1.91. The van der Waals surface area contributed by atoms with Gasteiger partial charge in [0.15, 0.2) is 6.54 Å². The van der Waals surface area contributed by atoms with Crippen LogP contribution in [0.3, 0.4) is 0 Å². The van der Waals surface area contributed by atoms with Gasteiger partial charge in [-0.15, -0.1) is 0 Å². The van der Waals surface area contributed by atoms with Gasteiger partial charge >= 0.3 is 0 Å². The summed E-state index contributed by atoms with van der Waals surface area (Å²) >= 11 is 0. The first-order chi connectivity index (χ1) is 4.43. The molecule has 0 unspecified atom stereocenters. The highest BCUT2D eigenvalue weighted by Crippen LogP contribution is 1.95. The van der Waals surface area contributed by atoms with Crippen LogP contribution in [-0.4, -0.2) is 36.2 Å². The van der Waals surface area contributed by atoms with E-state index in [1.54, 1.807) is 6.54 Å². The van der Waals surface area contributed by atoms with E-state index in [0.717, 1.165) is 13.1 Å². The summed E-state index contributed by atoms with van der Waals surface area (Å²) in [5, 5.41) is 8.50. The number of hydrogen-bond acceptors (Lipinski definition) is 2. The van der Waals surface area contributed by atoms with Crippen molar-refractivity contribution in [2.75, 3.05) is 26.2 Å². The fourth-order valence-electron chi connectivity index (χ4n) is 0.735. The summed E-state index contributed by atoms with van der Waals surface area (Å²) in [6.07, 6.45) is 0. The van der Waals surface area contributed by atoms with E-state index in [-0.39, 0.29) is 6.61 Å². The molecule has 1 aliphatic rings. The number of rotatable bonds is 2. The molecule has 1 N–H and O–H groups in total. The summed E-state index contributed by atoms with van der Waals surface area (Å²) in [6, 6.07) is 2.73. The Balaban J connectivity index is 2.22. The van der Waals surface area contributed by atoms with Crippen molar-refractivity contribution >= 4 is 0 Å². The molecule has 1 radical (unpaired) electrons. The third kappa shape index (κ3) is 2.00. The Kier molecular flexibility index (Phi) is 2.49. The van der Waals surface area contributed by atoms with Crippen molar-refractivity contribution in [3.8, 4) is 6.07 Å². The van der Waals surface area contributed by atoms with Crippen LogP contribution in [0.4, 0.5) is 0 Å². The average molecular weight is 126 g/mol. The smallest absolute Gasteiger partial charge is 0.295 e. The maximum Gasteiger partial charge on any atom is 0.295 e. The molecule has 1 heterocycles. The fourth-order valence-corrected chi connectivity index (χ4v) is 0.735. The van der Waals surface area contributed by atoms with Crippen LogP contribution in [-0.2, 0) is 0 Å². The molecule has 0 spiro atoms. The Labute approximate surface area is 54.7 Å². The van der Waals surface area contributed by atoms with Crippen LogP contribution in [0.15, 0.2) is 0 Å². The van der Waals surface area contributed by atoms with Crippen LogP contribution in [0.25, 0.3) is 4.85 Å². The van der Waals surface area contributed by atoms with Crippen molar-refractivity contribution in [2.45, 2.75) is 0 Å². The number of nitrogens with zero attached hydrogens (tertiary/aromatic N) is 2. The largest absolute Gasteiger partial charge is 0.395 e. The minimum absolute atomic E-state index is 0.207. The SMILES string of the molecule is OCCN1[CH]C#[N+]CC1. The second-order valence-corrected chi connectivity index (χ2v) is 1.90. The lowest BCUT2D eigenvalue weighted by Crippen LogP contribution is -2.27. The molecule has 0 fully saturated rings. The van der Waals surface area contributed by atoms with Gasteiger partial charge < -0.3 is 5.11 Å². The van der Waals surface area contributed by atoms with Crippen LogP contribution < -0.4 is 0 Å². The van der Waals surface area contributed by atoms with Gasteiger partial charge in [0.05, 0.1) is 13.2 Å². The van der Waals surface area contributed by atoms with E-state index in [1.165, 1.54) is 0 Å². The van der Waals surface area contributed by atoms with Gasteiger partial charge in [-0.3, -0.25) is 4.90 Å². The molecular weight excluding hydrogens is 116 g/mol. The summed E-state index contributed by atoms with van der Waals surface area (Å²) < 4.78 is 0. The number of aliphatic hydroxyl groups is 1. The van der Waals surface area contributed by atoms with Crippen molar-refractivity contribution in [1.29, 1.82) is 0 Å². The predicted octanol–water partition coefficient (Wildman–Crippen LogP) is -0.211. The molecule has 0 aliphatic carbocycles. The fraction of sp³-hybridized carbons (Fsp3) is 0.667. The molecule has 0 bridgehead atoms. The molecule has 0 amide bonds. The second kappa shape index (κ2) is 3.44. The van der Waals surface area contributed by atoms with Crippen molar-refractivity contribution in [2.24, 2.45) is 0 Å². The van der Waals surface area contributed by atoms with Crippen molar-refractivity contribution < 1.29 is 5.11 Å². The lowest BCUT2D eigenvalue weighted by Gasteiger charge is -2.12. The third-order valence-corrected chi connectivity index (χ3v) is 1.22. The zero-order valence-electron chi connectivity index (χ0n) is 5.25. The molecule has 1 aliphatic heterocycles. The molecule has 0 atom stereocenters. The summed E-state index contributed by atoms with van der Waals surface area (Å²) in [5.41, 5.74) is 0. The Morgan fingerprint density at radius 2 is 2.67 bits per heavy atom. The summed E-state index contributed by atoms with van der Waals surface area (Å²) in [7, 11) is 0. The second-order valence-electron chi connectivity index (χ2n) is 1.90. The molecule has 0 aromatic carbocycles. The minimum Gasteiger partial charge on any atom is -0.395 e. The molecule has 0 aromatic heterocycles. The van der Waals surface area contributed by atoms with Gasteiger partial charge in [0, 0.05) is 6.54 Å². The Morgan fingerprint density at radius 1 is 1.78 bits per heavy atom. The topological polar surface area (TPSA) is 27.8 Å². The lowest BCUT2D eigenvalue weighted by molar-refractivity contribution is 0.231. The molecule has 1 rings (SSSR count). The standard InChI is InChI=1S/C6H10N2O/c9-6-5-8-3-1-7-2-4-8/h4,9H,1,3,5-6H2/q+1. The monoisotopic (exact) mass is 126 g/mol. The van der Waals surface area contributed by atoms with E-state index in [2.05, 4.69) is 10.9 Å². The lowest BCUT2D eigenvalue weighted by atomic mass is 10.4. The molecule has 0 aromatic rings. The van der Waals surface area contributed by atoms with Gasteiger partial charge in [0.25, 0.3) is 12.6 Å². The van der Waals surface area contributed by atoms with Crippen LogP contribution in [0, 0.1) is 12.6 Å². The van der Waals surface area contributed by atoms with Gasteiger partial charge in [-0.2, -0.15) is 0 Å². The summed E-state index contributed by atoms with van der Waals surface area (Å²) in [6.45, 7) is 4.39. The first-order valence-corrected chi connectivity index (χ1v) is 3.04. The molecule has 9 heavy (non-hydrogen) atoms. The zero-order chi connectivity index (χ0) is 6.53. The highest BCUT2D eigenvalue weighted by atomic mass is 16.3. The molecule has 49 valence electrons. The Morgan fingerprint density at radius 3 is 3.22 bits per heavy atom. The van der Waals surface area contributed by atoms with Gasteiger partial charge in [0.1, 0.15) is 0 Å². The third-order valence-electron chi connectivity index (χ3n) is 1.22. The molecule has 3 heteroatoms. The summed E-state index contributed by atoms with van der Waals surface area (Å²) in [4.78, 5) is 5.87. The zero-order valence-corrected chi connectivity index (χ0v) is 5.25. The predicted molar refractivity (Wildman–Crippen MR) is 35.1 cm³/mol. The molecule has 0 saturated heterocycles. The highest BCUT2D eigenvalue weighted by Gasteiger charge is 2.11. The number of hydrogen-bond donors (Lipinski definition) is 1. The van der Waals surface area contributed by atoms with E-state index in [4.69, 9.17) is 5.11 Å². The van der Waals surface area contributed by atoms with Crippen molar-refractivity contribution in [3.05, 3.63) is 11.4 Å². The van der Waals surface area contributed by atoms with Gasteiger partial charge in [0.2, 0.25) is 0 Å². The molecule has 3 nitrogen and oxygen atoms in total. The minimum atomic E-state index is 0.207. The first kappa shape index (κ1) is 6.53. The van der Waals surface area contributed by atoms with Gasteiger partial charge in [-0.1, -0.05) is 4.85 Å². The number of aliphatic hydroxyl groups excluding tert-OH is 1. The van der Waals surface area contributed by atoms with E-state index < -0.39 is 0 Å². The maximum absolute atomic E-state index is 8.50. The van der Waals surface area contributed by atoms with Crippen molar-refractivity contribution in [3.63, 3.8) is 0 Å². The van der Waals surface area contributed by atoms with Gasteiger partial charge in [-0.25, -0.2) is 0 Å². The van der Waals surface area contributed by atoms with Crippen LogP contribution in [0.2, 0.25) is 0 Å². The van der Waals surface area contributed by atoms with Crippen LogP contribution >= 0.6 is 0 Å². The number of β-amino-alcohol motifs (C(OH)–C–C–N with tert-alkyl or cyclic N) is 1. The maximum atomic E-state index is 8.50. The van der Waals surface area contributed by atoms with E-state index in [1.807, 2.05) is 4.90 Å². The van der Waals surface area contributed by atoms with Crippen molar-refractivity contribution in [1.82, 2.24) is 4.90 Å². The van der Waals surface area contributed by atoms with E-state index >= 15 is 0 Å². The van der Waals surface area contributed by atoms with Crippen LogP contribution in [0.1, 0.15) is 0 Å². The molecular formula is C6H10N2O+. The van der Waals surface area contributed by atoms with Gasteiger partial charge in [-0.05, 0) is 0 Å². The quantitative estimate of drug-likeness (QED) is 0.554. The molecule has 0 saturated carbocycles. The summed E-state index contributed by atoms with van der Waals surface area (Å²) in [5.74, 6) is 0.